The average Bonchev–Trinajstić information content (AvgIpc) is 3.73. The van der Waals surface area contributed by atoms with Crippen molar-refractivity contribution >= 4 is 65.2 Å². The Hall–Kier alpha value is -6.90. The highest BCUT2D eigenvalue weighted by molar-refractivity contribution is 6.29. The molecule has 0 saturated heterocycles. The second kappa shape index (κ2) is 11.3. The van der Waals surface area contributed by atoms with Gasteiger partial charge in [-0.25, -0.2) is 0 Å². The zero-order valence-electron chi connectivity index (χ0n) is 28.4. The second-order valence-corrected chi connectivity index (χ2v) is 13.8. The number of rotatable bonds is 4. The minimum atomic E-state index is 1.15. The van der Waals surface area contributed by atoms with Crippen molar-refractivity contribution in [2.75, 3.05) is 0 Å². The molecule has 242 valence electrons. The molecular formula is C50H32N2. The van der Waals surface area contributed by atoms with Crippen molar-refractivity contribution in [3.05, 3.63) is 194 Å². The fourth-order valence-corrected chi connectivity index (χ4v) is 8.44. The van der Waals surface area contributed by atoms with Crippen LogP contribution in [0.15, 0.2) is 194 Å². The molecule has 0 bridgehead atoms. The van der Waals surface area contributed by atoms with Gasteiger partial charge < -0.3 is 9.13 Å². The Labute approximate surface area is 301 Å². The summed E-state index contributed by atoms with van der Waals surface area (Å²) in [6, 6.07) is 71.0. The number of para-hydroxylation sites is 2. The summed E-state index contributed by atoms with van der Waals surface area (Å²) in [5, 5.41) is 10.1. The quantitative estimate of drug-likeness (QED) is 0.178. The zero-order chi connectivity index (χ0) is 34.2. The highest BCUT2D eigenvalue weighted by Crippen LogP contribution is 2.43. The second-order valence-electron chi connectivity index (χ2n) is 13.8. The Morgan fingerprint density at radius 2 is 0.712 bits per heavy atom. The summed E-state index contributed by atoms with van der Waals surface area (Å²) in [5.74, 6) is 0. The molecule has 0 atom stereocenters. The molecule has 0 aliphatic heterocycles. The van der Waals surface area contributed by atoms with Crippen molar-refractivity contribution in [2.45, 2.75) is 0 Å². The fraction of sp³-hybridized carbons (Fsp3) is 0. The van der Waals surface area contributed by atoms with Crippen molar-refractivity contribution in [3.63, 3.8) is 0 Å². The molecule has 0 N–H and O–H groups in total. The lowest BCUT2D eigenvalue weighted by atomic mass is 10.0. The normalized spacial score (nSPS) is 11.8. The van der Waals surface area contributed by atoms with Crippen molar-refractivity contribution < 1.29 is 0 Å². The van der Waals surface area contributed by atoms with E-state index in [4.69, 9.17) is 0 Å². The van der Waals surface area contributed by atoms with E-state index >= 15 is 0 Å². The van der Waals surface area contributed by atoms with Crippen LogP contribution in [0.5, 0.6) is 0 Å². The number of nitrogens with zero attached hydrogens (tertiary/aromatic N) is 2. The Bertz CT molecular complexity index is 3180. The summed E-state index contributed by atoms with van der Waals surface area (Å²) < 4.78 is 4.87. The predicted molar refractivity (Wildman–Crippen MR) is 221 cm³/mol. The molecule has 0 amide bonds. The van der Waals surface area contributed by atoms with E-state index in [0.29, 0.717) is 0 Å². The Morgan fingerprint density at radius 1 is 0.250 bits per heavy atom. The van der Waals surface area contributed by atoms with Crippen LogP contribution in [0.4, 0.5) is 0 Å². The largest absolute Gasteiger partial charge is 0.309 e. The van der Waals surface area contributed by atoms with Crippen LogP contribution in [0, 0.1) is 0 Å². The molecule has 0 spiro atoms. The Morgan fingerprint density at radius 3 is 1.31 bits per heavy atom. The van der Waals surface area contributed by atoms with E-state index in [-0.39, 0.29) is 0 Å². The van der Waals surface area contributed by atoms with Gasteiger partial charge in [0, 0.05) is 32.9 Å². The smallest absolute Gasteiger partial charge is 0.0548 e. The van der Waals surface area contributed by atoms with Gasteiger partial charge in [0.15, 0.2) is 0 Å². The maximum absolute atomic E-state index is 2.44. The first-order valence-corrected chi connectivity index (χ1v) is 17.9. The van der Waals surface area contributed by atoms with Crippen LogP contribution >= 0.6 is 0 Å². The van der Waals surface area contributed by atoms with Gasteiger partial charge in [-0.2, -0.15) is 0 Å². The summed E-state index contributed by atoms with van der Waals surface area (Å²) >= 11 is 0. The molecule has 9 aromatic carbocycles. The maximum Gasteiger partial charge on any atom is 0.0548 e. The topological polar surface area (TPSA) is 9.86 Å². The van der Waals surface area contributed by atoms with Gasteiger partial charge in [-0.05, 0) is 104 Å². The number of fused-ring (bicyclic) bond motifs is 9. The van der Waals surface area contributed by atoms with Crippen LogP contribution in [0.2, 0.25) is 0 Å². The lowest BCUT2D eigenvalue weighted by Gasteiger charge is -2.12. The lowest BCUT2D eigenvalue weighted by Crippen LogP contribution is -1.95. The van der Waals surface area contributed by atoms with E-state index in [1.807, 2.05) is 0 Å². The monoisotopic (exact) mass is 660 g/mol. The van der Waals surface area contributed by atoms with Crippen LogP contribution in [-0.4, -0.2) is 9.13 Å². The summed E-state index contributed by atoms with van der Waals surface area (Å²) in [5.41, 5.74) is 12.0. The molecular weight excluding hydrogens is 629 g/mol. The van der Waals surface area contributed by atoms with Crippen LogP contribution < -0.4 is 0 Å². The third-order valence-electron chi connectivity index (χ3n) is 10.9. The Balaban J connectivity index is 1.10. The Kier molecular flexibility index (Phi) is 6.28. The molecule has 11 rings (SSSR count). The number of hydrogen-bond donors (Lipinski definition) is 0. The highest BCUT2D eigenvalue weighted by Gasteiger charge is 2.20. The van der Waals surface area contributed by atoms with Crippen LogP contribution in [0.3, 0.4) is 0 Å². The van der Waals surface area contributed by atoms with Gasteiger partial charge in [0.25, 0.3) is 0 Å². The number of benzene rings is 9. The molecule has 2 nitrogen and oxygen atoms in total. The molecule has 2 aromatic heterocycles. The van der Waals surface area contributed by atoms with Crippen LogP contribution in [-0.2, 0) is 0 Å². The summed E-state index contributed by atoms with van der Waals surface area (Å²) in [4.78, 5) is 0. The predicted octanol–water partition coefficient (Wildman–Crippen LogP) is 13.5. The first-order valence-electron chi connectivity index (χ1n) is 17.9. The van der Waals surface area contributed by atoms with Gasteiger partial charge in [0.2, 0.25) is 0 Å². The van der Waals surface area contributed by atoms with Gasteiger partial charge in [0.1, 0.15) is 0 Å². The van der Waals surface area contributed by atoms with Gasteiger partial charge >= 0.3 is 0 Å². The van der Waals surface area contributed by atoms with E-state index in [0.717, 1.165) is 11.4 Å². The molecule has 0 unspecified atom stereocenters. The number of hydrogen-bond acceptors (Lipinski definition) is 0. The van der Waals surface area contributed by atoms with Crippen molar-refractivity contribution in [3.8, 4) is 33.6 Å². The summed E-state index contributed by atoms with van der Waals surface area (Å²) in [6.07, 6.45) is 0. The van der Waals surface area contributed by atoms with E-state index in [9.17, 15) is 0 Å². The van der Waals surface area contributed by atoms with E-state index < -0.39 is 0 Å². The van der Waals surface area contributed by atoms with E-state index in [2.05, 4.69) is 203 Å². The van der Waals surface area contributed by atoms with Crippen LogP contribution in [0.25, 0.3) is 98.8 Å². The minimum absolute atomic E-state index is 1.15. The molecule has 0 aliphatic rings. The van der Waals surface area contributed by atoms with Gasteiger partial charge in [0.05, 0.1) is 22.1 Å². The van der Waals surface area contributed by atoms with Crippen molar-refractivity contribution in [1.29, 1.82) is 0 Å². The summed E-state index contributed by atoms with van der Waals surface area (Å²) in [6.45, 7) is 0. The molecule has 0 radical (unpaired) electrons. The third-order valence-corrected chi connectivity index (χ3v) is 10.9. The first kappa shape index (κ1) is 28.9. The molecule has 2 heteroatoms. The van der Waals surface area contributed by atoms with Crippen molar-refractivity contribution in [2.24, 2.45) is 0 Å². The standard InChI is InChI=1S/C50H32N2/c1-3-12-36-30-39(22-20-33(36)10-1)35-24-26-41(27-25-35)51-45-18-7-5-16-43(45)49-47(51)28-29-48-50(49)44-17-6-8-19-46(44)52(48)42-15-9-14-38(32-42)40-23-21-34-11-2-4-13-37(34)31-40/h1-32H. The molecule has 0 fully saturated rings. The maximum atomic E-state index is 2.44. The van der Waals surface area contributed by atoms with Crippen molar-refractivity contribution in [1.82, 2.24) is 9.13 Å². The van der Waals surface area contributed by atoms with Crippen LogP contribution in [0.1, 0.15) is 0 Å². The average molecular weight is 661 g/mol. The molecule has 52 heavy (non-hydrogen) atoms. The molecule has 0 aliphatic carbocycles. The first-order chi connectivity index (χ1) is 25.8. The highest BCUT2D eigenvalue weighted by atomic mass is 15.0. The lowest BCUT2D eigenvalue weighted by molar-refractivity contribution is 1.17. The van der Waals surface area contributed by atoms with Gasteiger partial charge in [-0.15, -0.1) is 0 Å². The number of aromatic nitrogens is 2. The SMILES string of the molecule is c1cc(-c2ccc3ccccc3c2)cc(-n2c3ccccc3c3c4c5ccccc5n(-c5ccc(-c6ccc7ccccc7c6)cc5)c4ccc32)c1. The molecule has 11 aromatic rings. The molecule has 0 saturated carbocycles. The van der Waals surface area contributed by atoms with E-state index in [1.165, 1.54) is 87.4 Å². The van der Waals surface area contributed by atoms with Gasteiger partial charge in [-0.3, -0.25) is 0 Å². The van der Waals surface area contributed by atoms with Gasteiger partial charge in [-0.1, -0.05) is 133 Å². The zero-order valence-corrected chi connectivity index (χ0v) is 28.4. The third kappa shape index (κ3) is 4.38. The summed E-state index contributed by atoms with van der Waals surface area (Å²) in [7, 11) is 0. The minimum Gasteiger partial charge on any atom is -0.309 e. The fourth-order valence-electron chi connectivity index (χ4n) is 8.44. The van der Waals surface area contributed by atoms with E-state index in [1.54, 1.807) is 0 Å². The molecule has 2 heterocycles.